The predicted molar refractivity (Wildman–Crippen MR) is 140 cm³/mol. The summed E-state index contributed by atoms with van der Waals surface area (Å²) in [5.41, 5.74) is 6.65. The summed E-state index contributed by atoms with van der Waals surface area (Å²) in [7, 11) is 0. The summed E-state index contributed by atoms with van der Waals surface area (Å²) >= 11 is 6.71. The number of rotatable bonds is 8. The first-order valence-electron chi connectivity index (χ1n) is 11.2. The maximum atomic E-state index is 12.5. The Morgan fingerprint density at radius 3 is 2.64 bits per heavy atom. The Morgan fingerprint density at radius 2 is 1.86 bits per heavy atom. The van der Waals surface area contributed by atoms with Gasteiger partial charge in [0.25, 0.3) is 5.91 Å². The Kier molecular flexibility index (Phi) is 8.24. The van der Waals surface area contributed by atoms with Gasteiger partial charge >= 0.3 is 5.97 Å². The van der Waals surface area contributed by atoms with E-state index in [1.165, 1.54) is 11.3 Å². The Morgan fingerprint density at radius 1 is 1.08 bits per heavy atom. The highest BCUT2D eigenvalue weighted by Gasteiger charge is 2.20. The molecule has 1 aliphatic heterocycles. The molecule has 1 amide bonds. The average Bonchev–Trinajstić information content (AvgIpc) is 3.49. The van der Waals surface area contributed by atoms with Gasteiger partial charge < -0.3 is 24.3 Å². The molecule has 3 N–H and O–H groups in total. The second-order valence-corrected chi connectivity index (χ2v) is 9.23. The van der Waals surface area contributed by atoms with Gasteiger partial charge in [0.05, 0.1) is 12.2 Å². The van der Waals surface area contributed by atoms with Crippen LogP contribution < -0.4 is 30.4 Å². The van der Waals surface area contributed by atoms with Crippen LogP contribution in [0, 0.1) is 0 Å². The van der Waals surface area contributed by atoms with Crippen LogP contribution in [0.5, 0.6) is 17.2 Å². The summed E-state index contributed by atoms with van der Waals surface area (Å²) in [4.78, 5) is 25.9. The molecule has 0 radical (unpaired) electrons. The second kappa shape index (κ2) is 11.7. The Balaban J connectivity index is 1.34. The SMILES string of the molecule is CCOC(=O)c1cc(Cc2ccccc2)sc1NC(=S)NNC(=O)[C@@H](C)Oc1ccc2c(c1)OCO2. The van der Waals surface area contributed by atoms with E-state index in [-0.39, 0.29) is 18.5 Å². The van der Waals surface area contributed by atoms with Crippen LogP contribution >= 0.6 is 23.6 Å². The zero-order valence-electron chi connectivity index (χ0n) is 19.7. The molecule has 36 heavy (non-hydrogen) atoms. The fourth-order valence-corrected chi connectivity index (χ4v) is 4.64. The average molecular weight is 528 g/mol. The summed E-state index contributed by atoms with van der Waals surface area (Å²) in [6.45, 7) is 3.75. The van der Waals surface area contributed by atoms with Crippen molar-refractivity contribution in [3.05, 3.63) is 70.6 Å². The smallest absolute Gasteiger partial charge is 0.341 e. The van der Waals surface area contributed by atoms with E-state index < -0.39 is 18.0 Å². The van der Waals surface area contributed by atoms with Gasteiger partial charge in [0.15, 0.2) is 22.7 Å². The number of hydrazine groups is 1. The molecule has 1 aromatic heterocycles. The van der Waals surface area contributed by atoms with Crippen LogP contribution in [0.3, 0.4) is 0 Å². The molecule has 0 bridgehead atoms. The lowest BCUT2D eigenvalue weighted by molar-refractivity contribution is -0.127. The van der Waals surface area contributed by atoms with Crippen molar-refractivity contribution in [2.24, 2.45) is 0 Å². The minimum atomic E-state index is -0.824. The molecule has 9 nitrogen and oxygen atoms in total. The van der Waals surface area contributed by atoms with Crippen LogP contribution in [0.1, 0.15) is 34.6 Å². The van der Waals surface area contributed by atoms with Crippen LogP contribution in [-0.4, -0.2) is 36.5 Å². The van der Waals surface area contributed by atoms with Crippen LogP contribution in [0.2, 0.25) is 0 Å². The summed E-state index contributed by atoms with van der Waals surface area (Å²) in [5, 5.41) is 3.61. The number of carbonyl (C=O) groups excluding carboxylic acids is 2. The molecular weight excluding hydrogens is 502 g/mol. The molecule has 11 heteroatoms. The van der Waals surface area contributed by atoms with E-state index >= 15 is 0 Å². The topological polar surface area (TPSA) is 107 Å². The third-order valence-electron chi connectivity index (χ3n) is 5.05. The first-order chi connectivity index (χ1) is 17.4. The quantitative estimate of drug-likeness (QED) is 0.227. The third-order valence-corrected chi connectivity index (χ3v) is 6.31. The fourth-order valence-electron chi connectivity index (χ4n) is 3.34. The van der Waals surface area contributed by atoms with Crippen LogP contribution in [0.4, 0.5) is 5.00 Å². The van der Waals surface area contributed by atoms with Gasteiger partial charge in [-0.25, -0.2) is 4.79 Å². The number of nitrogens with one attached hydrogen (secondary N) is 3. The maximum absolute atomic E-state index is 12.5. The first kappa shape index (κ1) is 25.3. The van der Waals surface area contributed by atoms with Gasteiger partial charge in [-0.2, -0.15) is 0 Å². The lowest BCUT2D eigenvalue weighted by Gasteiger charge is -2.16. The minimum Gasteiger partial charge on any atom is -0.481 e. The summed E-state index contributed by atoms with van der Waals surface area (Å²) < 4.78 is 21.5. The summed E-state index contributed by atoms with van der Waals surface area (Å²) in [5.74, 6) is 0.751. The van der Waals surface area contributed by atoms with Crippen molar-refractivity contribution < 1.29 is 28.5 Å². The van der Waals surface area contributed by atoms with Crippen LogP contribution in [-0.2, 0) is 16.0 Å². The molecule has 4 rings (SSSR count). The highest BCUT2D eigenvalue weighted by Crippen LogP contribution is 2.35. The van der Waals surface area contributed by atoms with Crippen molar-refractivity contribution in [2.45, 2.75) is 26.4 Å². The Hall–Kier alpha value is -3.83. The van der Waals surface area contributed by atoms with Crippen molar-refractivity contribution >= 4 is 45.5 Å². The molecular formula is C25H25N3O6S2. The van der Waals surface area contributed by atoms with E-state index in [0.717, 1.165) is 10.4 Å². The highest BCUT2D eigenvalue weighted by molar-refractivity contribution is 7.80. The van der Waals surface area contributed by atoms with E-state index in [4.69, 9.17) is 31.2 Å². The summed E-state index contributed by atoms with van der Waals surface area (Å²) in [6, 6.07) is 16.8. The fraction of sp³-hybridized carbons (Fsp3) is 0.240. The number of anilines is 1. The van der Waals surface area contributed by atoms with Gasteiger partial charge in [-0.3, -0.25) is 15.6 Å². The lowest BCUT2D eigenvalue weighted by Crippen LogP contribution is -2.48. The Bertz CT molecular complexity index is 1250. The zero-order chi connectivity index (χ0) is 25.5. The van der Waals surface area contributed by atoms with Crippen LogP contribution in [0.15, 0.2) is 54.6 Å². The standard InChI is InChI=1S/C25H25N3O6S2/c1-3-31-24(30)19-13-18(11-16-7-5-4-6-8-16)36-23(19)26-25(35)28-27-22(29)15(2)34-17-9-10-20-21(12-17)33-14-32-20/h4-10,12-13,15H,3,11,14H2,1-2H3,(H,27,29)(H2,26,28,35)/t15-/m1/s1. The first-order valence-corrected chi connectivity index (χ1v) is 12.4. The van der Waals surface area contributed by atoms with E-state index in [1.54, 1.807) is 38.1 Å². The van der Waals surface area contributed by atoms with E-state index in [1.807, 2.05) is 30.3 Å². The van der Waals surface area contributed by atoms with Gasteiger partial charge in [-0.1, -0.05) is 30.3 Å². The number of benzene rings is 2. The monoisotopic (exact) mass is 527 g/mol. The minimum absolute atomic E-state index is 0.109. The number of thiocarbonyl (C=S) groups is 1. The number of hydrogen-bond donors (Lipinski definition) is 3. The van der Waals surface area contributed by atoms with Gasteiger partial charge in [0.1, 0.15) is 10.8 Å². The molecule has 0 spiro atoms. The second-order valence-electron chi connectivity index (χ2n) is 7.68. The summed E-state index contributed by atoms with van der Waals surface area (Å²) in [6.07, 6.45) is -0.166. The predicted octanol–water partition coefficient (Wildman–Crippen LogP) is 4.03. The van der Waals surface area contributed by atoms with Crippen molar-refractivity contribution in [1.29, 1.82) is 0 Å². The van der Waals surface area contributed by atoms with Crippen molar-refractivity contribution in [3.8, 4) is 17.2 Å². The molecule has 0 unspecified atom stereocenters. The molecule has 188 valence electrons. The van der Waals surface area contributed by atoms with Gasteiger partial charge in [-0.15, -0.1) is 11.3 Å². The van der Waals surface area contributed by atoms with Gasteiger partial charge in [-0.05, 0) is 49.8 Å². The van der Waals surface area contributed by atoms with Crippen molar-refractivity contribution in [1.82, 2.24) is 10.9 Å². The van der Waals surface area contributed by atoms with Crippen molar-refractivity contribution in [2.75, 3.05) is 18.7 Å². The van der Waals surface area contributed by atoms with E-state index in [0.29, 0.717) is 34.2 Å². The molecule has 2 aromatic carbocycles. The third kappa shape index (κ3) is 6.43. The maximum Gasteiger partial charge on any atom is 0.341 e. The zero-order valence-corrected chi connectivity index (χ0v) is 21.3. The molecule has 0 saturated heterocycles. The number of esters is 1. The highest BCUT2D eigenvalue weighted by atomic mass is 32.1. The largest absolute Gasteiger partial charge is 0.481 e. The van der Waals surface area contributed by atoms with Gasteiger partial charge in [0, 0.05) is 17.4 Å². The number of fused-ring (bicyclic) bond motifs is 1. The molecule has 0 aliphatic carbocycles. The molecule has 0 saturated carbocycles. The number of hydrogen-bond acceptors (Lipinski definition) is 8. The van der Waals surface area contributed by atoms with E-state index in [2.05, 4.69) is 16.2 Å². The molecule has 1 atom stereocenters. The number of carbonyl (C=O) groups is 2. The number of amides is 1. The van der Waals surface area contributed by atoms with Crippen LogP contribution in [0.25, 0.3) is 0 Å². The molecule has 0 fully saturated rings. The molecule has 2 heterocycles. The number of ether oxygens (including phenoxy) is 4. The number of thiophene rings is 1. The Labute approximate surface area is 217 Å². The van der Waals surface area contributed by atoms with E-state index in [9.17, 15) is 9.59 Å². The molecule has 3 aromatic rings. The lowest BCUT2D eigenvalue weighted by atomic mass is 10.1. The van der Waals surface area contributed by atoms with Gasteiger partial charge in [0.2, 0.25) is 6.79 Å². The molecule has 1 aliphatic rings. The normalized spacial score (nSPS) is 12.4. The van der Waals surface area contributed by atoms with Crippen molar-refractivity contribution in [3.63, 3.8) is 0 Å².